The van der Waals surface area contributed by atoms with Crippen molar-refractivity contribution in [2.24, 2.45) is 0 Å². The molecule has 0 aliphatic carbocycles. The van der Waals surface area contributed by atoms with Crippen molar-refractivity contribution in [3.8, 4) is 0 Å². The zero-order valence-corrected chi connectivity index (χ0v) is 16.1. The van der Waals surface area contributed by atoms with E-state index in [1.54, 1.807) is 4.90 Å². The Balaban J connectivity index is 1.48. The monoisotopic (exact) mass is 395 g/mol. The molecule has 1 unspecified atom stereocenters. The fraction of sp³-hybridized carbons (Fsp3) is 0.286. The summed E-state index contributed by atoms with van der Waals surface area (Å²) < 4.78 is 0. The molecule has 0 bridgehead atoms. The Morgan fingerprint density at radius 1 is 1.00 bits per heavy atom. The predicted octanol–water partition coefficient (Wildman–Crippen LogP) is 3.26. The molecular formula is C21H21N3O3S. The van der Waals surface area contributed by atoms with Crippen LogP contribution in [0.15, 0.2) is 60.7 Å². The number of thioether (sulfide) groups is 1. The van der Waals surface area contributed by atoms with Crippen LogP contribution < -0.4 is 5.32 Å². The van der Waals surface area contributed by atoms with Gasteiger partial charge in [0.15, 0.2) is 0 Å². The summed E-state index contributed by atoms with van der Waals surface area (Å²) in [6, 6.07) is 19.0. The molecule has 28 heavy (non-hydrogen) atoms. The Hall–Kier alpha value is -2.80. The molecule has 0 spiro atoms. The second-order valence-electron chi connectivity index (χ2n) is 6.91. The lowest BCUT2D eigenvalue weighted by Gasteiger charge is -2.25. The smallest absolute Gasteiger partial charge is 0.318 e. The van der Waals surface area contributed by atoms with Crippen LogP contribution in [0, 0.1) is 0 Å². The predicted molar refractivity (Wildman–Crippen MR) is 108 cm³/mol. The highest BCUT2D eigenvalue weighted by Gasteiger charge is 2.40. The summed E-state index contributed by atoms with van der Waals surface area (Å²) in [6.45, 7) is 0.898. The van der Waals surface area contributed by atoms with Crippen LogP contribution in [0.25, 0.3) is 0 Å². The molecule has 2 aliphatic rings. The van der Waals surface area contributed by atoms with Crippen LogP contribution in [0.2, 0.25) is 0 Å². The molecule has 2 heterocycles. The van der Waals surface area contributed by atoms with E-state index in [1.165, 1.54) is 4.90 Å². The van der Waals surface area contributed by atoms with E-state index < -0.39 is 0 Å². The maximum absolute atomic E-state index is 12.9. The third-order valence-corrected chi connectivity index (χ3v) is 5.97. The van der Waals surface area contributed by atoms with Gasteiger partial charge in [-0.1, -0.05) is 72.4 Å². The molecule has 0 aromatic heterocycles. The number of amides is 4. The number of imide groups is 1. The molecule has 6 nitrogen and oxygen atoms in total. The Morgan fingerprint density at radius 2 is 1.61 bits per heavy atom. The van der Waals surface area contributed by atoms with Gasteiger partial charge in [0.05, 0.1) is 17.8 Å². The van der Waals surface area contributed by atoms with E-state index in [0.29, 0.717) is 19.5 Å². The van der Waals surface area contributed by atoms with Crippen LogP contribution in [0.1, 0.15) is 23.6 Å². The molecule has 4 amide bonds. The van der Waals surface area contributed by atoms with Gasteiger partial charge in [0, 0.05) is 13.1 Å². The number of benzene rings is 2. The second kappa shape index (κ2) is 8.06. The first-order chi connectivity index (χ1) is 13.6. The minimum absolute atomic E-state index is 0.159. The lowest BCUT2D eigenvalue weighted by atomic mass is 9.99. The summed E-state index contributed by atoms with van der Waals surface area (Å²) in [4.78, 5) is 39.9. The minimum atomic E-state index is -0.264. The van der Waals surface area contributed by atoms with Crippen LogP contribution in [-0.2, 0) is 4.79 Å². The third-order valence-electron chi connectivity index (χ3n) is 5.13. The normalized spacial score (nSPS) is 19.5. The van der Waals surface area contributed by atoms with Gasteiger partial charge in [-0.05, 0) is 17.5 Å². The first-order valence-electron chi connectivity index (χ1n) is 9.27. The third kappa shape index (κ3) is 3.75. The molecular weight excluding hydrogens is 374 g/mol. The molecule has 2 saturated heterocycles. The number of rotatable bonds is 4. The van der Waals surface area contributed by atoms with Crippen molar-refractivity contribution >= 4 is 28.9 Å². The van der Waals surface area contributed by atoms with Crippen molar-refractivity contribution in [2.45, 2.75) is 18.5 Å². The van der Waals surface area contributed by atoms with Crippen LogP contribution in [-0.4, -0.2) is 51.9 Å². The molecule has 7 heteroatoms. The van der Waals surface area contributed by atoms with Gasteiger partial charge in [-0.2, -0.15) is 0 Å². The van der Waals surface area contributed by atoms with Crippen molar-refractivity contribution in [1.82, 2.24) is 15.1 Å². The van der Waals surface area contributed by atoms with Gasteiger partial charge in [0.25, 0.3) is 5.24 Å². The molecule has 2 aromatic rings. The number of nitrogens with zero attached hydrogens (tertiary/aromatic N) is 2. The fourth-order valence-corrected chi connectivity index (χ4v) is 4.49. The number of likely N-dealkylation sites (tertiary alicyclic amines) is 1. The second-order valence-corrected chi connectivity index (χ2v) is 7.84. The number of carbonyl (C=O) groups is 3. The van der Waals surface area contributed by atoms with Crippen molar-refractivity contribution in [1.29, 1.82) is 0 Å². The van der Waals surface area contributed by atoms with Crippen molar-refractivity contribution in [3.63, 3.8) is 0 Å². The van der Waals surface area contributed by atoms with E-state index in [1.807, 2.05) is 60.7 Å². The molecule has 0 saturated carbocycles. The summed E-state index contributed by atoms with van der Waals surface area (Å²) in [5.41, 5.74) is 2.00. The van der Waals surface area contributed by atoms with Gasteiger partial charge in [0.1, 0.15) is 0 Å². The molecule has 0 radical (unpaired) electrons. The Morgan fingerprint density at radius 3 is 2.14 bits per heavy atom. The lowest BCUT2D eigenvalue weighted by molar-refractivity contribution is -0.126. The summed E-state index contributed by atoms with van der Waals surface area (Å²) in [5.74, 6) is 0.0414. The first kappa shape index (κ1) is 18.6. The number of hydrogen-bond donors (Lipinski definition) is 1. The van der Waals surface area contributed by atoms with E-state index in [0.717, 1.165) is 22.9 Å². The highest BCUT2D eigenvalue weighted by molar-refractivity contribution is 8.14. The lowest BCUT2D eigenvalue weighted by Crippen LogP contribution is -2.44. The van der Waals surface area contributed by atoms with Crippen LogP contribution in [0.5, 0.6) is 0 Å². The van der Waals surface area contributed by atoms with Crippen molar-refractivity contribution in [3.05, 3.63) is 71.8 Å². The summed E-state index contributed by atoms with van der Waals surface area (Å²) in [6.07, 6.45) is 0.618. The van der Waals surface area contributed by atoms with Gasteiger partial charge in [-0.3, -0.25) is 14.5 Å². The Labute approximate surface area is 167 Å². The SMILES string of the molecule is O=C(NC(c1ccccc1)c1ccccc1)N1CCC(N2C(=O)CSC2=O)C1. The average molecular weight is 395 g/mol. The Bertz CT molecular complexity index is 819. The van der Waals surface area contributed by atoms with Gasteiger partial charge in [-0.15, -0.1) is 0 Å². The van der Waals surface area contributed by atoms with Crippen molar-refractivity contribution in [2.75, 3.05) is 18.8 Å². The molecule has 2 aliphatic heterocycles. The summed E-state index contributed by atoms with van der Waals surface area (Å²) in [5, 5.41) is 2.91. The molecule has 2 aromatic carbocycles. The molecule has 4 rings (SSSR count). The van der Waals surface area contributed by atoms with Gasteiger partial charge in [0.2, 0.25) is 5.91 Å². The van der Waals surface area contributed by atoms with Gasteiger partial charge in [-0.25, -0.2) is 4.79 Å². The van der Waals surface area contributed by atoms with E-state index in [4.69, 9.17) is 0 Å². The molecule has 1 atom stereocenters. The standard InChI is InChI=1S/C21H21N3O3S/c25-18-14-28-21(27)24(18)17-11-12-23(13-17)20(26)22-19(15-7-3-1-4-8-15)16-9-5-2-6-10-16/h1-10,17,19H,11-14H2,(H,22,26). The number of nitrogens with one attached hydrogen (secondary N) is 1. The zero-order chi connectivity index (χ0) is 19.5. The van der Waals surface area contributed by atoms with E-state index in [-0.39, 0.29) is 35.0 Å². The van der Waals surface area contributed by atoms with Crippen LogP contribution >= 0.6 is 11.8 Å². The fourth-order valence-electron chi connectivity index (χ4n) is 3.72. The van der Waals surface area contributed by atoms with E-state index in [9.17, 15) is 14.4 Å². The maximum atomic E-state index is 12.9. The quantitative estimate of drug-likeness (QED) is 0.863. The number of urea groups is 1. The largest absolute Gasteiger partial charge is 0.327 e. The minimum Gasteiger partial charge on any atom is -0.327 e. The maximum Gasteiger partial charge on any atom is 0.318 e. The van der Waals surface area contributed by atoms with E-state index in [2.05, 4.69) is 5.32 Å². The summed E-state index contributed by atoms with van der Waals surface area (Å²) in [7, 11) is 0. The zero-order valence-electron chi connectivity index (χ0n) is 15.3. The Kier molecular flexibility index (Phi) is 5.34. The van der Waals surface area contributed by atoms with Crippen molar-refractivity contribution < 1.29 is 14.4 Å². The van der Waals surface area contributed by atoms with Gasteiger partial charge >= 0.3 is 6.03 Å². The summed E-state index contributed by atoms with van der Waals surface area (Å²) >= 11 is 1.03. The van der Waals surface area contributed by atoms with Crippen LogP contribution in [0.4, 0.5) is 9.59 Å². The average Bonchev–Trinajstić information content (AvgIpc) is 3.33. The number of carbonyl (C=O) groups excluding carboxylic acids is 3. The highest BCUT2D eigenvalue weighted by Crippen LogP contribution is 2.27. The van der Waals surface area contributed by atoms with Gasteiger partial charge < -0.3 is 10.2 Å². The van der Waals surface area contributed by atoms with Crippen LogP contribution in [0.3, 0.4) is 0 Å². The molecule has 2 fully saturated rings. The molecule has 144 valence electrons. The first-order valence-corrected chi connectivity index (χ1v) is 10.3. The molecule has 1 N–H and O–H groups in total. The van der Waals surface area contributed by atoms with E-state index >= 15 is 0 Å². The number of hydrogen-bond acceptors (Lipinski definition) is 4. The topological polar surface area (TPSA) is 69.7 Å². The highest BCUT2D eigenvalue weighted by atomic mass is 32.2.